The van der Waals surface area contributed by atoms with Gasteiger partial charge in [0.15, 0.2) is 5.76 Å². The highest BCUT2D eigenvalue weighted by molar-refractivity contribution is 9.10. The molecule has 0 spiro atoms. The van der Waals surface area contributed by atoms with Crippen LogP contribution < -0.4 is 5.32 Å². The van der Waals surface area contributed by atoms with Gasteiger partial charge >= 0.3 is 0 Å². The van der Waals surface area contributed by atoms with Crippen LogP contribution in [0.5, 0.6) is 0 Å². The number of hydrogen-bond acceptors (Lipinski definition) is 3. The van der Waals surface area contributed by atoms with E-state index in [-0.39, 0.29) is 24.5 Å². The number of furan rings is 1. The first kappa shape index (κ1) is 15.1. The average Bonchev–Trinajstić information content (AvgIpc) is 2.75. The number of rotatable bonds is 4. The molecule has 0 radical (unpaired) electrons. The number of amides is 1. The van der Waals surface area contributed by atoms with Gasteiger partial charge in [0.2, 0.25) is 0 Å². The fraction of sp³-hybridized carbons (Fsp3) is 0.400. The molecule has 5 heteroatoms. The van der Waals surface area contributed by atoms with E-state index >= 15 is 0 Å². The predicted octanol–water partition coefficient (Wildman–Crippen LogP) is 3.25. The van der Waals surface area contributed by atoms with Crippen molar-refractivity contribution < 1.29 is 14.3 Å². The van der Waals surface area contributed by atoms with Crippen LogP contribution in [0.15, 0.2) is 27.1 Å². The van der Waals surface area contributed by atoms with E-state index in [0.717, 1.165) is 15.4 Å². The van der Waals surface area contributed by atoms with Crippen molar-refractivity contribution in [3.05, 3.63) is 34.0 Å². The lowest BCUT2D eigenvalue weighted by molar-refractivity contribution is 0.0889. The van der Waals surface area contributed by atoms with Gasteiger partial charge in [-0.25, -0.2) is 0 Å². The van der Waals surface area contributed by atoms with Crippen molar-refractivity contribution in [3.63, 3.8) is 0 Å². The van der Waals surface area contributed by atoms with Gasteiger partial charge in [0.25, 0.3) is 5.91 Å². The first-order valence-corrected chi connectivity index (χ1v) is 7.33. The van der Waals surface area contributed by atoms with Crippen LogP contribution >= 0.6 is 15.9 Å². The molecule has 0 fully saturated rings. The van der Waals surface area contributed by atoms with E-state index in [9.17, 15) is 4.79 Å². The van der Waals surface area contributed by atoms with Gasteiger partial charge in [0, 0.05) is 28.1 Å². The quantitative estimate of drug-likeness (QED) is 0.898. The number of halogens is 1. The Morgan fingerprint density at radius 1 is 1.45 bits per heavy atom. The van der Waals surface area contributed by atoms with E-state index in [4.69, 9.17) is 9.52 Å². The van der Waals surface area contributed by atoms with E-state index in [1.807, 2.05) is 39.0 Å². The molecule has 0 aliphatic carbocycles. The standard InChI is InChI=1S/C15H18BrNO3/c1-8(7-18)10(3)17-15(19)14-9(2)12-6-11(16)4-5-13(12)20-14/h4-6,8,10,18H,7H2,1-3H3,(H,17,19). The minimum absolute atomic E-state index is 0.00206. The Hall–Kier alpha value is -1.33. The first-order chi connectivity index (χ1) is 9.43. The number of hydrogen-bond donors (Lipinski definition) is 2. The molecule has 1 aromatic heterocycles. The topological polar surface area (TPSA) is 62.5 Å². The molecule has 20 heavy (non-hydrogen) atoms. The van der Waals surface area contributed by atoms with Crippen molar-refractivity contribution in [1.29, 1.82) is 0 Å². The highest BCUT2D eigenvalue weighted by Gasteiger charge is 2.21. The van der Waals surface area contributed by atoms with Crippen LogP contribution in [0.2, 0.25) is 0 Å². The Labute approximate surface area is 126 Å². The van der Waals surface area contributed by atoms with Crippen molar-refractivity contribution in [3.8, 4) is 0 Å². The number of carbonyl (C=O) groups excluding carboxylic acids is 1. The van der Waals surface area contributed by atoms with Gasteiger partial charge in [-0.1, -0.05) is 22.9 Å². The number of fused-ring (bicyclic) bond motifs is 1. The molecule has 0 bridgehead atoms. The zero-order chi connectivity index (χ0) is 14.9. The van der Waals surface area contributed by atoms with Crippen LogP contribution in [0.3, 0.4) is 0 Å². The molecule has 2 unspecified atom stereocenters. The minimum Gasteiger partial charge on any atom is -0.451 e. The molecule has 2 rings (SSSR count). The third kappa shape index (κ3) is 2.88. The normalized spacial score (nSPS) is 14.2. The maximum absolute atomic E-state index is 12.3. The Kier molecular flexibility index (Phi) is 4.50. The molecule has 1 amide bonds. The molecule has 0 aliphatic heterocycles. The number of aryl methyl sites for hydroxylation is 1. The summed E-state index contributed by atoms with van der Waals surface area (Å²) in [6, 6.07) is 5.53. The third-order valence-electron chi connectivity index (χ3n) is 3.60. The zero-order valence-electron chi connectivity index (χ0n) is 11.7. The summed E-state index contributed by atoms with van der Waals surface area (Å²) in [5, 5.41) is 12.9. The van der Waals surface area contributed by atoms with E-state index in [1.54, 1.807) is 0 Å². The summed E-state index contributed by atoms with van der Waals surface area (Å²) < 4.78 is 6.58. The highest BCUT2D eigenvalue weighted by atomic mass is 79.9. The van der Waals surface area contributed by atoms with E-state index < -0.39 is 0 Å². The van der Waals surface area contributed by atoms with Gasteiger partial charge in [-0.15, -0.1) is 0 Å². The van der Waals surface area contributed by atoms with Crippen molar-refractivity contribution in [2.75, 3.05) is 6.61 Å². The molecule has 2 aromatic rings. The molecule has 0 saturated carbocycles. The van der Waals surface area contributed by atoms with Crippen molar-refractivity contribution in [2.45, 2.75) is 26.8 Å². The smallest absolute Gasteiger partial charge is 0.287 e. The summed E-state index contributed by atoms with van der Waals surface area (Å²) in [6.07, 6.45) is 0. The number of carbonyl (C=O) groups is 1. The maximum Gasteiger partial charge on any atom is 0.287 e. The number of benzene rings is 1. The molecule has 0 saturated heterocycles. The second-order valence-electron chi connectivity index (χ2n) is 5.12. The first-order valence-electron chi connectivity index (χ1n) is 6.54. The molecule has 4 nitrogen and oxygen atoms in total. The number of aliphatic hydroxyl groups excluding tert-OH is 1. The lowest BCUT2D eigenvalue weighted by atomic mass is 10.0. The maximum atomic E-state index is 12.3. The molecule has 0 aliphatic rings. The van der Waals surface area contributed by atoms with Crippen LogP contribution in [-0.4, -0.2) is 23.7 Å². The Bertz CT molecular complexity index is 635. The highest BCUT2D eigenvalue weighted by Crippen LogP contribution is 2.28. The van der Waals surface area contributed by atoms with Crippen LogP contribution in [0.25, 0.3) is 11.0 Å². The number of nitrogens with one attached hydrogen (secondary N) is 1. The van der Waals surface area contributed by atoms with Gasteiger partial charge in [-0.2, -0.15) is 0 Å². The summed E-state index contributed by atoms with van der Waals surface area (Å²) in [4.78, 5) is 12.3. The Morgan fingerprint density at radius 2 is 2.15 bits per heavy atom. The Morgan fingerprint density at radius 3 is 2.80 bits per heavy atom. The van der Waals surface area contributed by atoms with Crippen molar-refractivity contribution in [2.24, 2.45) is 5.92 Å². The summed E-state index contributed by atoms with van der Waals surface area (Å²) in [5.74, 6) is 0.0792. The van der Waals surface area contributed by atoms with Crippen LogP contribution in [-0.2, 0) is 0 Å². The molecular formula is C15H18BrNO3. The predicted molar refractivity (Wildman–Crippen MR) is 81.8 cm³/mol. The van der Waals surface area contributed by atoms with Gasteiger partial charge in [-0.3, -0.25) is 4.79 Å². The number of aliphatic hydroxyl groups is 1. The molecule has 1 aromatic carbocycles. The van der Waals surface area contributed by atoms with Crippen LogP contribution in [0.1, 0.15) is 30.0 Å². The van der Waals surface area contributed by atoms with E-state index in [1.165, 1.54) is 0 Å². The monoisotopic (exact) mass is 339 g/mol. The molecular weight excluding hydrogens is 322 g/mol. The Balaban J connectivity index is 2.29. The fourth-order valence-electron chi connectivity index (χ4n) is 1.98. The lowest BCUT2D eigenvalue weighted by Gasteiger charge is -2.18. The summed E-state index contributed by atoms with van der Waals surface area (Å²) >= 11 is 3.41. The van der Waals surface area contributed by atoms with Gasteiger partial charge < -0.3 is 14.8 Å². The van der Waals surface area contributed by atoms with Gasteiger partial charge in [0.1, 0.15) is 5.58 Å². The van der Waals surface area contributed by atoms with E-state index in [2.05, 4.69) is 21.2 Å². The second kappa shape index (κ2) is 5.97. The van der Waals surface area contributed by atoms with Crippen LogP contribution in [0.4, 0.5) is 0 Å². The largest absolute Gasteiger partial charge is 0.451 e. The zero-order valence-corrected chi connectivity index (χ0v) is 13.3. The fourth-order valence-corrected chi connectivity index (χ4v) is 2.34. The summed E-state index contributed by atoms with van der Waals surface area (Å²) in [7, 11) is 0. The molecule has 2 atom stereocenters. The third-order valence-corrected chi connectivity index (χ3v) is 4.10. The van der Waals surface area contributed by atoms with Crippen molar-refractivity contribution >= 4 is 32.8 Å². The van der Waals surface area contributed by atoms with Crippen LogP contribution in [0, 0.1) is 12.8 Å². The second-order valence-corrected chi connectivity index (χ2v) is 6.03. The molecule has 108 valence electrons. The molecule has 2 N–H and O–H groups in total. The van der Waals surface area contributed by atoms with Gasteiger partial charge in [-0.05, 0) is 38.0 Å². The van der Waals surface area contributed by atoms with E-state index in [0.29, 0.717) is 11.3 Å². The summed E-state index contributed by atoms with van der Waals surface area (Å²) in [5.41, 5.74) is 1.52. The van der Waals surface area contributed by atoms with Crippen molar-refractivity contribution in [1.82, 2.24) is 5.32 Å². The minimum atomic E-state index is -0.248. The van der Waals surface area contributed by atoms with Gasteiger partial charge in [0.05, 0.1) is 0 Å². The molecule has 1 heterocycles. The SMILES string of the molecule is Cc1c(C(=O)NC(C)C(C)CO)oc2ccc(Br)cc12. The lowest BCUT2D eigenvalue weighted by Crippen LogP contribution is -2.38. The average molecular weight is 340 g/mol. The summed E-state index contributed by atoms with van der Waals surface area (Å²) in [6.45, 7) is 5.65.